The third-order valence-electron chi connectivity index (χ3n) is 3.48. The van der Waals surface area contributed by atoms with Gasteiger partial charge in [-0.3, -0.25) is 4.79 Å². The van der Waals surface area contributed by atoms with Crippen molar-refractivity contribution in [1.29, 1.82) is 0 Å². The third-order valence-corrected chi connectivity index (χ3v) is 3.48. The molecular formula is C15H18N6O2. The Morgan fingerprint density at radius 3 is 2.87 bits per heavy atom. The Kier molecular flexibility index (Phi) is 3.81. The molecule has 0 aliphatic rings. The smallest absolute Gasteiger partial charge is 0.258 e. The molecule has 8 heteroatoms. The van der Waals surface area contributed by atoms with Gasteiger partial charge in [0.25, 0.3) is 5.89 Å². The minimum absolute atomic E-state index is 0.0818. The van der Waals surface area contributed by atoms with Crippen LogP contribution in [-0.2, 0) is 11.2 Å². The molecule has 0 atom stereocenters. The van der Waals surface area contributed by atoms with E-state index in [4.69, 9.17) is 4.52 Å². The zero-order chi connectivity index (χ0) is 16.6. The highest BCUT2D eigenvalue weighted by molar-refractivity contribution is 5.90. The highest BCUT2D eigenvalue weighted by Gasteiger charge is 2.18. The number of carbonyl (C=O) groups excluding carboxylic acids is 1. The van der Waals surface area contributed by atoms with Crippen LogP contribution in [0.5, 0.6) is 0 Å². The Labute approximate surface area is 132 Å². The molecule has 23 heavy (non-hydrogen) atoms. The van der Waals surface area contributed by atoms with Crippen LogP contribution in [0.25, 0.3) is 22.5 Å². The van der Waals surface area contributed by atoms with Gasteiger partial charge in [0.2, 0.25) is 5.91 Å². The minimum atomic E-state index is -0.166. The second-order valence-corrected chi connectivity index (χ2v) is 5.60. The first-order valence-corrected chi connectivity index (χ1v) is 7.38. The third kappa shape index (κ3) is 2.79. The van der Waals surface area contributed by atoms with Crippen molar-refractivity contribution in [3.8, 4) is 11.5 Å². The number of aromatic nitrogens is 5. The van der Waals surface area contributed by atoms with Gasteiger partial charge in [0.05, 0.1) is 23.6 Å². The highest BCUT2D eigenvalue weighted by atomic mass is 16.5. The van der Waals surface area contributed by atoms with E-state index in [-0.39, 0.29) is 18.4 Å². The van der Waals surface area contributed by atoms with Gasteiger partial charge in [-0.25, -0.2) is 9.67 Å². The fourth-order valence-electron chi connectivity index (χ4n) is 2.37. The van der Waals surface area contributed by atoms with Crippen LogP contribution in [0.1, 0.15) is 31.4 Å². The Hall–Kier alpha value is -2.77. The van der Waals surface area contributed by atoms with Crippen LogP contribution in [0.2, 0.25) is 0 Å². The zero-order valence-corrected chi connectivity index (χ0v) is 13.5. The van der Waals surface area contributed by atoms with Crippen molar-refractivity contribution in [2.45, 2.75) is 33.2 Å². The number of aryl methyl sites for hydroxylation is 1. The molecular weight excluding hydrogens is 296 g/mol. The maximum absolute atomic E-state index is 11.4. The van der Waals surface area contributed by atoms with E-state index in [1.165, 1.54) is 0 Å². The molecule has 8 nitrogen and oxygen atoms in total. The molecule has 1 amide bonds. The van der Waals surface area contributed by atoms with Gasteiger partial charge in [-0.1, -0.05) is 5.16 Å². The number of nitrogens with zero attached hydrogens (tertiary/aromatic N) is 5. The normalized spacial score (nSPS) is 11.3. The molecule has 3 rings (SSSR count). The monoisotopic (exact) mass is 314 g/mol. The summed E-state index contributed by atoms with van der Waals surface area (Å²) >= 11 is 0. The van der Waals surface area contributed by atoms with Crippen molar-refractivity contribution in [3.05, 3.63) is 23.8 Å². The number of nitrogens with one attached hydrogen (secondary N) is 1. The zero-order valence-electron chi connectivity index (χ0n) is 13.5. The average Bonchev–Trinajstić information content (AvgIpc) is 3.12. The van der Waals surface area contributed by atoms with Gasteiger partial charge in [0.15, 0.2) is 11.5 Å². The highest BCUT2D eigenvalue weighted by Crippen LogP contribution is 2.28. The first kappa shape index (κ1) is 15.1. The van der Waals surface area contributed by atoms with Crippen molar-refractivity contribution in [2.75, 3.05) is 7.05 Å². The number of hydrogen-bond acceptors (Lipinski definition) is 6. The van der Waals surface area contributed by atoms with E-state index in [9.17, 15) is 4.79 Å². The van der Waals surface area contributed by atoms with E-state index in [1.54, 1.807) is 13.2 Å². The van der Waals surface area contributed by atoms with Crippen LogP contribution < -0.4 is 5.32 Å². The van der Waals surface area contributed by atoms with Crippen molar-refractivity contribution in [3.63, 3.8) is 0 Å². The summed E-state index contributed by atoms with van der Waals surface area (Å²) < 4.78 is 7.18. The van der Waals surface area contributed by atoms with Crippen molar-refractivity contribution < 1.29 is 9.32 Å². The molecule has 3 aromatic rings. The second kappa shape index (κ2) is 5.79. The minimum Gasteiger partial charge on any atom is -0.359 e. The Morgan fingerprint density at radius 2 is 2.17 bits per heavy atom. The number of amides is 1. The first-order chi connectivity index (χ1) is 11.0. The molecule has 3 aromatic heterocycles. The molecule has 0 aromatic carbocycles. The topological polar surface area (TPSA) is 98.7 Å². The van der Waals surface area contributed by atoms with Crippen LogP contribution in [0, 0.1) is 6.92 Å². The van der Waals surface area contributed by atoms with E-state index in [1.807, 2.05) is 31.5 Å². The van der Waals surface area contributed by atoms with Gasteiger partial charge in [-0.2, -0.15) is 10.1 Å². The molecule has 0 bridgehead atoms. The first-order valence-electron chi connectivity index (χ1n) is 7.38. The summed E-state index contributed by atoms with van der Waals surface area (Å²) in [5, 5.41) is 11.6. The molecule has 0 saturated carbocycles. The van der Waals surface area contributed by atoms with Gasteiger partial charge in [0.1, 0.15) is 0 Å². The Balaban J connectivity index is 2.08. The lowest BCUT2D eigenvalue weighted by Gasteiger charge is -2.07. The number of hydrogen-bond donors (Lipinski definition) is 1. The molecule has 120 valence electrons. The summed E-state index contributed by atoms with van der Waals surface area (Å²) in [6.07, 6.45) is 1.83. The molecule has 0 fully saturated rings. The summed E-state index contributed by atoms with van der Waals surface area (Å²) in [6, 6.07) is 2.08. The van der Waals surface area contributed by atoms with Gasteiger partial charge in [-0.15, -0.1) is 0 Å². The maximum atomic E-state index is 11.4. The lowest BCUT2D eigenvalue weighted by molar-refractivity contribution is -0.120. The second-order valence-electron chi connectivity index (χ2n) is 5.60. The average molecular weight is 314 g/mol. The molecule has 3 heterocycles. The van der Waals surface area contributed by atoms with Crippen molar-refractivity contribution in [2.24, 2.45) is 0 Å². The fraction of sp³-hybridized carbons (Fsp3) is 0.400. The van der Waals surface area contributed by atoms with E-state index < -0.39 is 0 Å². The number of rotatable bonds is 4. The number of fused-ring (bicyclic) bond motifs is 1. The molecule has 0 spiro atoms. The molecule has 0 unspecified atom stereocenters. The fourth-order valence-corrected chi connectivity index (χ4v) is 2.37. The van der Waals surface area contributed by atoms with Crippen molar-refractivity contribution in [1.82, 2.24) is 30.2 Å². The summed E-state index contributed by atoms with van der Waals surface area (Å²) in [4.78, 5) is 20.3. The van der Waals surface area contributed by atoms with Gasteiger partial charge in [-0.05, 0) is 26.8 Å². The maximum Gasteiger partial charge on any atom is 0.258 e. The van der Waals surface area contributed by atoms with Crippen LogP contribution in [-0.4, -0.2) is 37.9 Å². The van der Waals surface area contributed by atoms with E-state index >= 15 is 0 Å². The predicted octanol–water partition coefficient (Wildman–Crippen LogP) is 1.66. The van der Waals surface area contributed by atoms with Crippen molar-refractivity contribution >= 4 is 16.9 Å². The van der Waals surface area contributed by atoms with Crippen LogP contribution in [0.3, 0.4) is 0 Å². The summed E-state index contributed by atoms with van der Waals surface area (Å²) in [6.45, 7) is 6.00. The molecule has 0 radical (unpaired) electrons. The van der Waals surface area contributed by atoms with E-state index in [2.05, 4.69) is 25.5 Å². The summed E-state index contributed by atoms with van der Waals surface area (Å²) in [7, 11) is 1.57. The summed E-state index contributed by atoms with van der Waals surface area (Å²) in [5.74, 6) is 0.543. The van der Waals surface area contributed by atoms with Gasteiger partial charge >= 0.3 is 0 Å². The molecule has 0 aliphatic heterocycles. The number of likely N-dealkylation sites (N-methyl/N-ethyl adjacent to an activating group) is 1. The lowest BCUT2D eigenvalue weighted by Crippen LogP contribution is -2.20. The molecule has 0 aliphatic carbocycles. The SMILES string of the molecule is CNC(=O)Cc1noc(-c2cc(C)nc3c2cnn3C(C)C)n1. The summed E-state index contributed by atoms with van der Waals surface area (Å²) in [5.41, 5.74) is 2.39. The largest absolute Gasteiger partial charge is 0.359 e. The van der Waals surface area contributed by atoms with E-state index in [0.29, 0.717) is 11.7 Å². The van der Waals surface area contributed by atoms with Gasteiger partial charge < -0.3 is 9.84 Å². The lowest BCUT2D eigenvalue weighted by atomic mass is 10.1. The number of carbonyl (C=O) groups is 1. The predicted molar refractivity (Wildman–Crippen MR) is 83.7 cm³/mol. The van der Waals surface area contributed by atoms with Crippen LogP contribution in [0.15, 0.2) is 16.8 Å². The molecule has 1 N–H and O–H groups in total. The Bertz CT molecular complexity index is 864. The Morgan fingerprint density at radius 1 is 1.39 bits per heavy atom. The van der Waals surface area contributed by atoms with Crippen LogP contribution >= 0.6 is 0 Å². The number of pyridine rings is 1. The van der Waals surface area contributed by atoms with Crippen LogP contribution in [0.4, 0.5) is 0 Å². The van der Waals surface area contributed by atoms with E-state index in [0.717, 1.165) is 22.3 Å². The van der Waals surface area contributed by atoms with Gasteiger partial charge in [0, 0.05) is 18.8 Å². The standard InChI is InChI=1S/C15H18N6O2/c1-8(2)21-14-11(7-17-21)10(5-9(3)18-14)15-19-12(20-23-15)6-13(22)16-4/h5,7-8H,6H2,1-4H3,(H,16,22). The molecule has 0 saturated heterocycles. The quantitative estimate of drug-likeness (QED) is 0.786.